The Hall–Kier alpha value is -3.08. The Morgan fingerprint density at radius 3 is 2.57 bits per heavy atom. The number of aromatic nitrogens is 2. The molecule has 0 aliphatic heterocycles. The van der Waals surface area contributed by atoms with E-state index in [9.17, 15) is 0 Å². The van der Waals surface area contributed by atoms with Crippen LogP contribution < -0.4 is 11.1 Å². The molecule has 21 heavy (non-hydrogen) atoms. The van der Waals surface area contributed by atoms with Gasteiger partial charge in [0.2, 0.25) is 0 Å². The second kappa shape index (κ2) is 4.49. The van der Waals surface area contributed by atoms with Gasteiger partial charge in [0, 0.05) is 5.69 Å². The highest BCUT2D eigenvalue weighted by atomic mass is 16.6. The van der Waals surface area contributed by atoms with Gasteiger partial charge in [-0.2, -0.15) is 0 Å². The van der Waals surface area contributed by atoms with E-state index in [1.165, 1.54) is 10.8 Å². The quantitative estimate of drug-likeness (QED) is 0.546. The van der Waals surface area contributed by atoms with Gasteiger partial charge in [-0.25, -0.2) is 4.63 Å². The average Bonchev–Trinajstić information content (AvgIpc) is 3.01. The zero-order valence-electron chi connectivity index (χ0n) is 11.1. The Morgan fingerprint density at radius 2 is 1.67 bits per heavy atom. The van der Waals surface area contributed by atoms with Gasteiger partial charge in [0.15, 0.2) is 11.0 Å². The average molecular weight is 276 g/mol. The second-order valence-corrected chi connectivity index (χ2v) is 4.85. The topological polar surface area (TPSA) is 77.0 Å². The van der Waals surface area contributed by atoms with Gasteiger partial charge >= 0.3 is 0 Å². The van der Waals surface area contributed by atoms with Crippen LogP contribution in [0.15, 0.2) is 59.2 Å². The minimum atomic E-state index is 0.551. The Balaban J connectivity index is 1.79. The molecule has 102 valence electrons. The molecule has 1 aromatic heterocycles. The van der Waals surface area contributed by atoms with Crippen molar-refractivity contribution < 1.29 is 4.63 Å². The number of anilines is 3. The molecule has 0 saturated heterocycles. The van der Waals surface area contributed by atoms with Crippen molar-refractivity contribution in [3.63, 3.8) is 0 Å². The van der Waals surface area contributed by atoms with E-state index in [0.29, 0.717) is 16.7 Å². The first-order valence-electron chi connectivity index (χ1n) is 6.58. The van der Waals surface area contributed by atoms with E-state index in [1.54, 1.807) is 6.07 Å². The Morgan fingerprint density at radius 1 is 0.857 bits per heavy atom. The lowest BCUT2D eigenvalue weighted by molar-refractivity contribution is 0.316. The van der Waals surface area contributed by atoms with Crippen molar-refractivity contribution in [1.29, 1.82) is 0 Å². The van der Waals surface area contributed by atoms with Crippen LogP contribution in [0.3, 0.4) is 0 Å². The second-order valence-electron chi connectivity index (χ2n) is 4.85. The Kier molecular flexibility index (Phi) is 2.50. The van der Waals surface area contributed by atoms with Crippen LogP contribution in [-0.2, 0) is 0 Å². The molecule has 0 radical (unpaired) electrons. The third kappa shape index (κ3) is 1.95. The third-order valence-electron chi connectivity index (χ3n) is 3.48. The summed E-state index contributed by atoms with van der Waals surface area (Å²) in [7, 11) is 0. The molecule has 0 bridgehead atoms. The summed E-state index contributed by atoms with van der Waals surface area (Å²) in [4.78, 5) is 0. The van der Waals surface area contributed by atoms with E-state index in [-0.39, 0.29) is 0 Å². The summed E-state index contributed by atoms with van der Waals surface area (Å²) >= 11 is 0. The monoisotopic (exact) mass is 276 g/mol. The van der Waals surface area contributed by atoms with Crippen LogP contribution in [0.1, 0.15) is 0 Å². The molecule has 0 spiro atoms. The van der Waals surface area contributed by atoms with Crippen molar-refractivity contribution in [2.45, 2.75) is 0 Å². The van der Waals surface area contributed by atoms with Crippen LogP contribution in [0.25, 0.3) is 21.8 Å². The number of hydrogen-bond donors (Lipinski definition) is 2. The maximum absolute atomic E-state index is 5.85. The van der Waals surface area contributed by atoms with E-state index in [0.717, 1.165) is 11.4 Å². The maximum atomic E-state index is 5.85. The van der Waals surface area contributed by atoms with E-state index in [4.69, 9.17) is 10.4 Å². The van der Waals surface area contributed by atoms with Crippen LogP contribution in [0.2, 0.25) is 0 Å². The van der Waals surface area contributed by atoms with E-state index in [1.807, 2.05) is 24.3 Å². The van der Waals surface area contributed by atoms with Gasteiger partial charge in [-0.3, -0.25) is 0 Å². The number of nitrogens with two attached hydrogens (primary N) is 1. The molecular formula is C16H12N4O. The van der Waals surface area contributed by atoms with Crippen LogP contribution in [0.5, 0.6) is 0 Å². The van der Waals surface area contributed by atoms with Crippen LogP contribution >= 0.6 is 0 Å². The molecule has 0 unspecified atom stereocenters. The highest BCUT2D eigenvalue weighted by Gasteiger charge is 2.10. The first kappa shape index (κ1) is 11.7. The molecule has 0 atom stereocenters. The maximum Gasteiger partial charge on any atom is 0.160 e. The lowest BCUT2D eigenvalue weighted by Gasteiger charge is -2.08. The minimum Gasteiger partial charge on any atom is -0.397 e. The zero-order valence-corrected chi connectivity index (χ0v) is 11.1. The summed E-state index contributed by atoms with van der Waals surface area (Å²) in [5.41, 5.74) is 9.39. The molecule has 4 rings (SSSR count). The largest absolute Gasteiger partial charge is 0.397 e. The van der Waals surface area contributed by atoms with Crippen molar-refractivity contribution in [2.75, 3.05) is 11.1 Å². The number of benzene rings is 3. The highest BCUT2D eigenvalue weighted by molar-refractivity contribution is 5.97. The number of nitrogen functional groups attached to an aromatic ring is 1. The van der Waals surface area contributed by atoms with Gasteiger partial charge < -0.3 is 11.1 Å². The van der Waals surface area contributed by atoms with Crippen LogP contribution in [0, 0.1) is 0 Å². The standard InChI is InChI=1S/C16H12N4O/c17-13-7-8-14(16-15(13)19-21-20-16)18-12-6-5-10-3-1-2-4-11(10)9-12/h1-9,18H,17H2. The van der Waals surface area contributed by atoms with Gasteiger partial charge in [-0.15, -0.1) is 0 Å². The van der Waals surface area contributed by atoms with Crippen molar-refractivity contribution in [3.8, 4) is 0 Å². The number of nitrogens with one attached hydrogen (secondary N) is 1. The molecule has 0 saturated carbocycles. The fourth-order valence-electron chi connectivity index (χ4n) is 2.41. The summed E-state index contributed by atoms with van der Waals surface area (Å²) in [6.07, 6.45) is 0. The lowest BCUT2D eigenvalue weighted by atomic mass is 10.1. The summed E-state index contributed by atoms with van der Waals surface area (Å²) in [5, 5.41) is 13.4. The van der Waals surface area contributed by atoms with Gasteiger partial charge in [-0.1, -0.05) is 30.3 Å². The van der Waals surface area contributed by atoms with Gasteiger partial charge in [-0.05, 0) is 45.4 Å². The minimum absolute atomic E-state index is 0.551. The SMILES string of the molecule is Nc1ccc(Nc2ccc3ccccc3c2)c2nonc12. The number of fused-ring (bicyclic) bond motifs is 2. The predicted octanol–water partition coefficient (Wildman–Crippen LogP) is 3.70. The molecule has 0 aliphatic rings. The van der Waals surface area contributed by atoms with Gasteiger partial charge in [0.25, 0.3) is 0 Å². The molecule has 0 aliphatic carbocycles. The van der Waals surface area contributed by atoms with E-state index < -0.39 is 0 Å². The first-order chi connectivity index (χ1) is 10.3. The van der Waals surface area contributed by atoms with Crippen molar-refractivity contribution in [1.82, 2.24) is 10.3 Å². The molecule has 5 heteroatoms. The normalized spacial score (nSPS) is 11.0. The van der Waals surface area contributed by atoms with Crippen molar-refractivity contribution in [3.05, 3.63) is 54.6 Å². The lowest BCUT2D eigenvalue weighted by Crippen LogP contribution is -1.94. The van der Waals surface area contributed by atoms with E-state index in [2.05, 4.69) is 39.9 Å². The molecule has 1 heterocycles. The highest BCUT2D eigenvalue weighted by Crippen LogP contribution is 2.29. The summed E-state index contributed by atoms with van der Waals surface area (Å²) < 4.78 is 4.77. The van der Waals surface area contributed by atoms with Gasteiger partial charge in [0.05, 0.1) is 11.4 Å². The molecule has 0 amide bonds. The summed E-state index contributed by atoms with van der Waals surface area (Å²) in [6, 6.07) is 18.1. The van der Waals surface area contributed by atoms with Crippen LogP contribution in [-0.4, -0.2) is 10.3 Å². The van der Waals surface area contributed by atoms with E-state index >= 15 is 0 Å². The van der Waals surface area contributed by atoms with Gasteiger partial charge in [0.1, 0.15) is 0 Å². The molecule has 5 nitrogen and oxygen atoms in total. The Bertz CT molecular complexity index is 945. The fraction of sp³-hybridized carbons (Fsp3) is 0. The number of rotatable bonds is 2. The van der Waals surface area contributed by atoms with Crippen molar-refractivity contribution >= 4 is 38.9 Å². The smallest absolute Gasteiger partial charge is 0.160 e. The number of hydrogen-bond acceptors (Lipinski definition) is 5. The summed E-state index contributed by atoms with van der Waals surface area (Å²) in [5.74, 6) is 0. The molecule has 3 aromatic carbocycles. The molecule has 0 fully saturated rings. The number of nitrogens with zero attached hydrogens (tertiary/aromatic N) is 2. The first-order valence-corrected chi connectivity index (χ1v) is 6.58. The molecule has 4 aromatic rings. The van der Waals surface area contributed by atoms with Crippen LogP contribution in [0.4, 0.5) is 17.1 Å². The molecule has 3 N–H and O–H groups in total. The third-order valence-corrected chi connectivity index (χ3v) is 3.48. The predicted molar refractivity (Wildman–Crippen MR) is 83.4 cm³/mol. The van der Waals surface area contributed by atoms with Crippen molar-refractivity contribution in [2.24, 2.45) is 0 Å². The molecular weight excluding hydrogens is 264 g/mol. The summed E-state index contributed by atoms with van der Waals surface area (Å²) in [6.45, 7) is 0. The zero-order chi connectivity index (χ0) is 14.2. The fourth-order valence-corrected chi connectivity index (χ4v) is 2.41. The Labute approximate surface area is 120 Å².